The van der Waals surface area contributed by atoms with Crippen molar-refractivity contribution in [1.82, 2.24) is 15.0 Å². The summed E-state index contributed by atoms with van der Waals surface area (Å²) in [7, 11) is -3.49. The van der Waals surface area contributed by atoms with Gasteiger partial charge in [0, 0.05) is 22.4 Å². The van der Waals surface area contributed by atoms with E-state index in [0.717, 1.165) is 11.3 Å². The molecule has 1 saturated carbocycles. The van der Waals surface area contributed by atoms with Crippen molar-refractivity contribution in [2.75, 3.05) is 4.72 Å². The average molecular weight is 520 g/mol. The maximum absolute atomic E-state index is 15.8. The molecule has 1 fully saturated rings. The van der Waals surface area contributed by atoms with E-state index in [1.165, 1.54) is 18.5 Å². The number of hydrogen-bond acceptors (Lipinski definition) is 8. The monoisotopic (exact) mass is 519 g/mol. The molecule has 186 valence electrons. The Morgan fingerprint density at radius 1 is 1.29 bits per heavy atom. The number of carbonyl (C=O) groups is 1. The maximum atomic E-state index is 15.8. The number of rotatable bonds is 10. The third kappa shape index (κ3) is 5.43. The zero-order chi connectivity index (χ0) is 25.3. The Labute approximate surface area is 207 Å². The predicted octanol–water partition coefficient (Wildman–Crippen LogP) is 4.07. The van der Waals surface area contributed by atoms with Crippen molar-refractivity contribution < 1.29 is 22.3 Å². The minimum atomic E-state index is -3.49. The van der Waals surface area contributed by atoms with Crippen LogP contribution in [0.2, 0.25) is 0 Å². The molecule has 0 bridgehead atoms. The maximum Gasteiger partial charge on any atom is 0.251 e. The van der Waals surface area contributed by atoms with Gasteiger partial charge in [-0.3, -0.25) is 14.5 Å². The highest BCUT2D eigenvalue weighted by atomic mass is 32.2. The Hall–Kier alpha value is -3.12. The van der Waals surface area contributed by atoms with Crippen LogP contribution in [0.3, 0.4) is 0 Å². The number of nitrogens with two attached hydrogens (primary N) is 1. The first-order valence-electron chi connectivity index (χ1n) is 11.2. The summed E-state index contributed by atoms with van der Waals surface area (Å²) in [5.41, 5.74) is 6.59. The lowest BCUT2D eigenvalue weighted by Crippen LogP contribution is -2.18. The van der Waals surface area contributed by atoms with Gasteiger partial charge in [-0.2, -0.15) is 0 Å². The van der Waals surface area contributed by atoms with E-state index in [0.29, 0.717) is 36.2 Å². The number of carbonyl (C=O) groups excluding carboxylic acids is 1. The van der Waals surface area contributed by atoms with Crippen LogP contribution in [0.25, 0.3) is 11.3 Å². The summed E-state index contributed by atoms with van der Waals surface area (Å²) in [6, 6.07) is 2.89. The summed E-state index contributed by atoms with van der Waals surface area (Å²) >= 11 is 1.12. The Morgan fingerprint density at radius 3 is 2.66 bits per heavy atom. The van der Waals surface area contributed by atoms with Crippen molar-refractivity contribution >= 4 is 32.4 Å². The molecule has 1 amide bonds. The van der Waals surface area contributed by atoms with Gasteiger partial charge in [0.05, 0.1) is 40.7 Å². The number of amides is 1. The van der Waals surface area contributed by atoms with Gasteiger partial charge in [0.2, 0.25) is 15.9 Å². The first kappa shape index (κ1) is 25.0. The summed E-state index contributed by atoms with van der Waals surface area (Å²) < 4.78 is 48.6. The number of benzene rings is 1. The average Bonchev–Trinajstić information content (AvgIpc) is 3.56. The topological polar surface area (TPSA) is 137 Å². The third-order valence-corrected chi connectivity index (χ3v) is 8.25. The molecule has 12 heteroatoms. The molecule has 1 atom stereocenters. The highest BCUT2D eigenvalue weighted by Crippen LogP contribution is 2.39. The number of ether oxygens (including phenoxy) is 1. The molecule has 0 spiro atoms. The third-order valence-electron chi connectivity index (χ3n) is 5.52. The smallest absolute Gasteiger partial charge is 0.251 e. The lowest BCUT2D eigenvalue weighted by molar-refractivity contribution is 0.0996. The number of anilines is 1. The van der Waals surface area contributed by atoms with Gasteiger partial charge in [-0.1, -0.05) is 13.0 Å². The summed E-state index contributed by atoms with van der Waals surface area (Å²) in [5, 5.41) is 1.50. The molecule has 0 radical (unpaired) electrons. The van der Waals surface area contributed by atoms with Crippen molar-refractivity contribution in [3.8, 4) is 17.1 Å². The van der Waals surface area contributed by atoms with Crippen LogP contribution in [0.1, 0.15) is 67.6 Å². The molecular formula is C23H26FN5O4S2. The molecule has 9 nitrogen and oxygen atoms in total. The van der Waals surface area contributed by atoms with Crippen LogP contribution in [-0.4, -0.2) is 40.6 Å². The van der Waals surface area contributed by atoms with Crippen LogP contribution in [0.4, 0.5) is 9.52 Å². The second kappa shape index (κ2) is 9.86. The van der Waals surface area contributed by atoms with E-state index in [4.69, 9.17) is 10.5 Å². The molecule has 3 N–H and O–H groups in total. The summed E-state index contributed by atoms with van der Waals surface area (Å²) in [5.74, 6) is -1.99. The van der Waals surface area contributed by atoms with E-state index >= 15 is 4.39 Å². The SMILES string of the molecule is CCC(c1csc(NS(=O)(=O)C2CC2)n1)c1c(-c2cncc(OC(C)C)n2)ccc(C(N)=O)c1F. The van der Waals surface area contributed by atoms with Gasteiger partial charge >= 0.3 is 0 Å². The lowest BCUT2D eigenvalue weighted by atomic mass is 9.86. The van der Waals surface area contributed by atoms with Crippen molar-refractivity contribution in [2.24, 2.45) is 5.73 Å². The summed E-state index contributed by atoms with van der Waals surface area (Å²) in [6.07, 6.45) is 4.48. The van der Waals surface area contributed by atoms with Gasteiger partial charge in [-0.05, 0) is 39.2 Å². The van der Waals surface area contributed by atoms with Gasteiger partial charge in [0.15, 0.2) is 5.13 Å². The number of nitrogens with zero attached hydrogens (tertiary/aromatic N) is 3. The first-order valence-corrected chi connectivity index (χ1v) is 13.6. The Balaban J connectivity index is 1.79. The predicted molar refractivity (Wildman–Crippen MR) is 132 cm³/mol. The Kier molecular flexibility index (Phi) is 7.04. The number of nitrogens with one attached hydrogen (secondary N) is 1. The Bertz CT molecular complexity index is 1360. The van der Waals surface area contributed by atoms with Gasteiger partial charge in [-0.25, -0.2) is 22.8 Å². The Morgan fingerprint density at radius 2 is 2.03 bits per heavy atom. The fourth-order valence-electron chi connectivity index (χ4n) is 3.76. The number of halogens is 1. The highest BCUT2D eigenvalue weighted by molar-refractivity contribution is 7.93. The fraction of sp³-hybridized carbons (Fsp3) is 0.391. The molecule has 3 aromatic rings. The molecule has 35 heavy (non-hydrogen) atoms. The van der Waals surface area contributed by atoms with Gasteiger partial charge in [0.1, 0.15) is 5.82 Å². The van der Waals surface area contributed by atoms with Gasteiger partial charge < -0.3 is 10.5 Å². The zero-order valence-electron chi connectivity index (χ0n) is 19.5. The van der Waals surface area contributed by atoms with E-state index < -0.39 is 32.9 Å². The van der Waals surface area contributed by atoms with E-state index in [2.05, 4.69) is 19.7 Å². The standard InChI is InChI=1S/C23H26FN5O4S2/c1-4-14(18-11-34-23(28-18)29-35(31,32)13-5-6-13)20-15(7-8-16(21(20)24)22(25)30)17-9-26-10-19(27-17)33-12(2)3/h7-14H,4-6H2,1-3H3,(H2,25,30)(H,28,29). The number of primary amides is 1. The zero-order valence-corrected chi connectivity index (χ0v) is 21.1. The van der Waals surface area contributed by atoms with Crippen LogP contribution < -0.4 is 15.2 Å². The number of aromatic nitrogens is 3. The molecule has 4 rings (SSSR count). The van der Waals surface area contributed by atoms with E-state index in [9.17, 15) is 13.2 Å². The number of thiazole rings is 1. The minimum absolute atomic E-state index is 0.135. The molecule has 1 aliphatic rings. The normalized spacial score (nSPS) is 14.7. The van der Waals surface area contributed by atoms with E-state index in [1.54, 1.807) is 11.4 Å². The molecule has 1 aliphatic carbocycles. The van der Waals surface area contributed by atoms with Crippen molar-refractivity contribution in [3.05, 3.63) is 52.5 Å². The summed E-state index contributed by atoms with van der Waals surface area (Å²) in [6.45, 7) is 5.55. The molecule has 0 aliphatic heterocycles. The van der Waals surface area contributed by atoms with Gasteiger partial charge in [-0.15, -0.1) is 11.3 Å². The first-order chi connectivity index (χ1) is 16.6. The number of sulfonamides is 1. The largest absolute Gasteiger partial charge is 0.474 e. The fourth-order valence-corrected chi connectivity index (χ4v) is 6.12. The second-order valence-electron chi connectivity index (χ2n) is 8.55. The van der Waals surface area contributed by atoms with Crippen molar-refractivity contribution in [3.63, 3.8) is 0 Å². The van der Waals surface area contributed by atoms with Crippen molar-refractivity contribution in [1.29, 1.82) is 0 Å². The summed E-state index contributed by atoms with van der Waals surface area (Å²) in [4.78, 5) is 25.0. The van der Waals surface area contributed by atoms with Crippen LogP contribution in [0.15, 0.2) is 29.9 Å². The highest BCUT2D eigenvalue weighted by Gasteiger charge is 2.36. The van der Waals surface area contributed by atoms with Crippen molar-refractivity contribution in [2.45, 2.75) is 57.3 Å². The van der Waals surface area contributed by atoms with Crippen LogP contribution in [-0.2, 0) is 10.0 Å². The number of hydrogen-bond donors (Lipinski definition) is 2. The molecule has 1 aromatic carbocycles. The van der Waals surface area contributed by atoms with Crippen LogP contribution in [0.5, 0.6) is 5.88 Å². The van der Waals surface area contributed by atoms with Crippen LogP contribution in [0, 0.1) is 5.82 Å². The molecule has 1 unspecified atom stereocenters. The van der Waals surface area contributed by atoms with E-state index in [-0.39, 0.29) is 28.2 Å². The minimum Gasteiger partial charge on any atom is -0.474 e. The molecule has 2 aromatic heterocycles. The molecular weight excluding hydrogens is 493 g/mol. The second-order valence-corrected chi connectivity index (χ2v) is 11.4. The quantitative estimate of drug-likeness (QED) is 0.412. The van der Waals surface area contributed by atoms with Crippen LogP contribution >= 0.6 is 11.3 Å². The van der Waals surface area contributed by atoms with Gasteiger partial charge in [0.25, 0.3) is 5.91 Å². The molecule has 0 saturated heterocycles. The lowest BCUT2D eigenvalue weighted by Gasteiger charge is -2.20. The van der Waals surface area contributed by atoms with E-state index in [1.807, 2.05) is 20.8 Å². The molecule has 2 heterocycles.